The van der Waals surface area contributed by atoms with Crippen LogP contribution in [-0.4, -0.2) is 35.8 Å². The molecule has 0 aromatic rings. The van der Waals surface area contributed by atoms with E-state index in [1.54, 1.807) is 0 Å². The van der Waals surface area contributed by atoms with E-state index in [0.717, 1.165) is 6.42 Å². The minimum atomic E-state index is 0.00403. The van der Waals surface area contributed by atoms with Gasteiger partial charge in [0.25, 0.3) is 0 Å². The second-order valence-electron chi connectivity index (χ2n) is 5.49. The summed E-state index contributed by atoms with van der Waals surface area (Å²) in [6, 6.07) is 0.338. The van der Waals surface area contributed by atoms with Gasteiger partial charge in [-0.1, -0.05) is 26.2 Å². The largest absolute Gasteiger partial charge is 0.347 e. The first-order valence-corrected chi connectivity index (χ1v) is 7.28. The summed E-state index contributed by atoms with van der Waals surface area (Å²) >= 11 is 0. The Bertz CT molecular complexity index is 311. The summed E-state index contributed by atoms with van der Waals surface area (Å²) < 4.78 is 0. The monoisotopic (exact) mass is 252 g/mol. The molecule has 1 heterocycles. The number of rotatable bonds is 3. The highest BCUT2D eigenvalue weighted by Crippen LogP contribution is 2.31. The van der Waals surface area contributed by atoms with Crippen molar-refractivity contribution in [1.29, 1.82) is 0 Å². The molecule has 1 N–H and O–H groups in total. The van der Waals surface area contributed by atoms with E-state index in [4.69, 9.17) is 0 Å². The summed E-state index contributed by atoms with van der Waals surface area (Å²) in [6.07, 6.45) is 7.86. The fourth-order valence-corrected chi connectivity index (χ4v) is 3.39. The average Bonchev–Trinajstić information content (AvgIpc) is 2.56. The molecule has 1 saturated carbocycles. The second-order valence-corrected chi connectivity index (χ2v) is 5.49. The molecule has 0 aromatic carbocycles. The number of carbonyl (C=O) groups excluding carboxylic acids is 2. The maximum Gasteiger partial charge on any atom is 0.242 e. The lowest BCUT2D eigenvalue weighted by atomic mass is 9.82. The highest BCUT2D eigenvalue weighted by Gasteiger charge is 2.31. The van der Waals surface area contributed by atoms with Crippen molar-refractivity contribution in [2.45, 2.75) is 57.9 Å². The molecule has 2 amide bonds. The van der Waals surface area contributed by atoms with E-state index in [0.29, 0.717) is 24.9 Å². The molecule has 2 rings (SSSR count). The van der Waals surface area contributed by atoms with Crippen LogP contribution in [0.1, 0.15) is 51.9 Å². The van der Waals surface area contributed by atoms with Crippen LogP contribution >= 0.6 is 0 Å². The van der Waals surface area contributed by atoms with Crippen LogP contribution in [0.25, 0.3) is 0 Å². The van der Waals surface area contributed by atoms with E-state index >= 15 is 0 Å². The van der Waals surface area contributed by atoms with Gasteiger partial charge in [0.15, 0.2) is 0 Å². The summed E-state index contributed by atoms with van der Waals surface area (Å²) in [7, 11) is 0. The fraction of sp³-hybridized carbons (Fsp3) is 0.857. The van der Waals surface area contributed by atoms with E-state index < -0.39 is 0 Å². The van der Waals surface area contributed by atoms with Crippen molar-refractivity contribution < 1.29 is 9.59 Å². The van der Waals surface area contributed by atoms with Crippen LogP contribution in [-0.2, 0) is 9.59 Å². The maximum absolute atomic E-state index is 12.1. The molecule has 1 unspecified atom stereocenters. The van der Waals surface area contributed by atoms with Crippen LogP contribution in [0.3, 0.4) is 0 Å². The van der Waals surface area contributed by atoms with Crippen LogP contribution in [0, 0.1) is 5.92 Å². The summed E-state index contributed by atoms with van der Waals surface area (Å²) in [5, 5.41) is 2.68. The van der Waals surface area contributed by atoms with E-state index in [9.17, 15) is 9.59 Å². The fourth-order valence-electron chi connectivity index (χ4n) is 3.39. The first-order valence-electron chi connectivity index (χ1n) is 7.28. The smallest absolute Gasteiger partial charge is 0.242 e. The first-order chi connectivity index (χ1) is 8.72. The zero-order valence-corrected chi connectivity index (χ0v) is 11.3. The van der Waals surface area contributed by atoms with Crippen molar-refractivity contribution >= 4 is 11.8 Å². The Kier molecular flexibility index (Phi) is 4.61. The number of nitrogens with zero attached hydrogens (tertiary/aromatic N) is 1. The molecule has 1 aliphatic heterocycles. The third kappa shape index (κ3) is 3.03. The molecule has 4 nitrogen and oxygen atoms in total. The summed E-state index contributed by atoms with van der Waals surface area (Å²) in [4.78, 5) is 25.5. The zero-order chi connectivity index (χ0) is 13.0. The molecule has 0 spiro atoms. The molecule has 102 valence electrons. The van der Waals surface area contributed by atoms with Crippen molar-refractivity contribution in [3.05, 3.63) is 0 Å². The highest BCUT2D eigenvalue weighted by atomic mass is 16.2. The number of hydrogen-bond donors (Lipinski definition) is 1. The van der Waals surface area contributed by atoms with Gasteiger partial charge in [-0.2, -0.15) is 0 Å². The van der Waals surface area contributed by atoms with Crippen molar-refractivity contribution in [3.63, 3.8) is 0 Å². The van der Waals surface area contributed by atoms with Gasteiger partial charge in [-0.3, -0.25) is 9.59 Å². The van der Waals surface area contributed by atoms with Gasteiger partial charge in [0.1, 0.15) is 0 Å². The Labute approximate surface area is 109 Å². The Morgan fingerprint density at radius 1 is 1.28 bits per heavy atom. The molecule has 1 atom stereocenters. The lowest BCUT2D eigenvalue weighted by Gasteiger charge is -2.37. The molecular weight excluding hydrogens is 228 g/mol. The SMILES string of the molecule is CCC(C1CCCCC1)N1CCC(=O)NCC1=O. The molecule has 0 bridgehead atoms. The molecule has 1 saturated heterocycles. The first kappa shape index (κ1) is 13.4. The van der Waals surface area contributed by atoms with Crippen molar-refractivity contribution in [3.8, 4) is 0 Å². The highest BCUT2D eigenvalue weighted by molar-refractivity contribution is 5.87. The van der Waals surface area contributed by atoms with E-state index in [1.165, 1.54) is 32.1 Å². The molecule has 4 heteroatoms. The van der Waals surface area contributed by atoms with Crippen LogP contribution in [0.5, 0.6) is 0 Å². The number of nitrogens with one attached hydrogen (secondary N) is 1. The molecular formula is C14H24N2O2. The van der Waals surface area contributed by atoms with Crippen LogP contribution in [0.4, 0.5) is 0 Å². The van der Waals surface area contributed by atoms with Crippen molar-refractivity contribution in [2.75, 3.05) is 13.1 Å². The van der Waals surface area contributed by atoms with Gasteiger partial charge in [0.05, 0.1) is 6.54 Å². The Hall–Kier alpha value is -1.06. The summed E-state index contributed by atoms with van der Waals surface area (Å²) in [5.74, 6) is 0.739. The van der Waals surface area contributed by atoms with Gasteiger partial charge >= 0.3 is 0 Å². The minimum Gasteiger partial charge on any atom is -0.347 e. The standard InChI is InChI=1S/C14H24N2O2/c1-2-12(11-6-4-3-5-7-11)16-9-8-13(17)15-10-14(16)18/h11-12H,2-10H2,1H3,(H,15,17). The minimum absolute atomic E-state index is 0.00403. The molecule has 1 aliphatic carbocycles. The lowest BCUT2D eigenvalue weighted by Crippen LogP contribution is -2.46. The lowest BCUT2D eigenvalue weighted by molar-refractivity contribution is -0.133. The van der Waals surface area contributed by atoms with Crippen molar-refractivity contribution in [1.82, 2.24) is 10.2 Å². The quantitative estimate of drug-likeness (QED) is 0.831. The second kappa shape index (κ2) is 6.21. The summed E-state index contributed by atoms with van der Waals surface area (Å²) in [5.41, 5.74) is 0. The van der Waals surface area contributed by atoms with E-state index in [-0.39, 0.29) is 18.4 Å². The number of carbonyl (C=O) groups is 2. The molecule has 18 heavy (non-hydrogen) atoms. The molecule has 0 aromatic heterocycles. The van der Waals surface area contributed by atoms with Gasteiger partial charge in [-0.15, -0.1) is 0 Å². The molecule has 2 fully saturated rings. The predicted molar refractivity (Wildman–Crippen MR) is 70.0 cm³/mol. The zero-order valence-electron chi connectivity index (χ0n) is 11.3. The van der Waals surface area contributed by atoms with E-state index in [1.807, 2.05) is 4.90 Å². The topological polar surface area (TPSA) is 49.4 Å². The van der Waals surface area contributed by atoms with Crippen LogP contribution in [0.2, 0.25) is 0 Å². The Balaban J connectivity index is 2.04. The third-order valence-electron chi connectivity index (χ3n) is 4.35. The Morgan fingerprint density at radius 3 is 2.67 bits per heavy atom. The van der Waals surface area contributed by atoms with Crippen LogP contribution < -0.4 is 5.32 Å². The third-order valence-corrected chi connectivity index (χ3v) is 4.35. The van der Waals surface area contributed by atoms with Gasteiger partial charge < -0.3 is 10.2 Å². The molecule has 0 radical (unpaired) electrons. The van der Waals surface area contributed by atoms with Crippen molar-refractivity contribution in [2.24, 2.45) is 5.92 Å². The average molecular weight is 252 g/mol. The van der Waals surface area contributed by atoms with Crippen LogP contribution in [0.15, 0.2) is 0 Å². The number of amides is 2. The normalized spacial score (nSPS) is 24.6. The predicted octanol–water partition coefficient (Wildman–Crippen LogP) is 1.69. The summed E-state index contributed by atoms with van der Waals surface area (Å²) in [6.45, 7) is 2.94. The van der Waals surface area contributed by atoms with Gasteiger partial charge in [0.2, 0.25) is 11.8 Å². The molecule has 2 aliphatic rings. The maximum atomic E-state index is 12.1. The van der Waals surface area contributed by atoms with Gasteiger partial charge in [0, 0.05) is 19.0 Å². The van der Waals surface area contributed by atoms with Gasteiger partial charge in [-0.25, -0.2) is 0 Å². The van der Waals surface area contributed by atoms with E-state index in [2.05, 4.69) is 12.2 Å². The Morgan fingerprint density at radius 2 is 2.00 bits per heavy atom. The van der Waals surface area contributed by atoms with Gasteiger partial charge in [-0.05, 0) is 25.2 Å². The number of hydrogen-bond acceptors (Lipinski definition) is 2.